The van der Waals surface area contributed by atoms with Gasteiger partial charge in [0.2, 0.25) is 0 Å². The molecule has 1 N–H and O–H groups in total. The summed E-state index contributed by atoms with van der Waals surface area (Å²) in [7, 11) is 0. The molecule has 1 rings (SSSR count). The molecule has 8 heavy (non-hydrogen) atoms. The molecule has 40 valence electrons. The van der Waals surface area contributed by atoms with Gasteiger partial charge in [0.1, 0.15) is 0 Å². The second-order valence-corrected chi connectivity index (χ2v) is 1.83. The summed E-state index contributed by atoms with van der Waals surface area (Å²) in [5.41, 5.74) is 1.13. The fraction of sp³-hybridized carbons (Fsp3) is 0. The van der Waals surface area contributed by atoms with Crippen LogP contribution < -0.4 is 4.17 Å². The maximum absolute atomic E-state index is 2.96. The molecule has 0 spiro atoms. The van der Waals surface area contributed by atoms with Gasteiger partial charge in [-0.05, 0) is 0 Å². The van der Waals surface area contributed by atoms with E-state index >= 15 is 0 Å². The van der Waals surface area contributed by atoms with Crippen molar-refractivity contribution in [3.8, 4) is 0 Å². The van der Waals surface area contributed by atoms with Crippen molar-refractivity contribution in [1.29, 1.82) is 0 Å². The van der Waals surface area contributed by atoms with Gasteiger partial charge in [-0.3, -0.25) is 0 Å². The number of hydrogen-bond donors (Lipinski definition) is 1. The Morgan fingerprint density at radius 2 is 1.75 bits per heavy atom. The summed E-state index contributed by atoms with van der Waals surface area (Å²) in [5, 5.41) is 0. The van der Waals surface area contributed by atoms with Crippen LogP contribution in [0.1, 0.15) is 0 Å². The van der Waals surface area contributed by atoms with E-state index in [0.29, 0.717) is 0 Å². The summed E-state index contributed by atoms with van der Waals surface area (Å²) < 4.78 is 2.96. The molecule has 0 heterocycles. The van der Waals surface area contributed by atoms with Crippen LogP contribution in [0, 0.1) is 0 Å². The van der Waals surface area contributed by atoms with Crippen molar-refractivity contribution in [2.75, 3.05) is 4.17 Å². The van der Waals surface area contributed by atoms with Gasteiger partial charge in [-0.1, -0.05) is 0 Å². The molecule has 0 saturated heterocycles. The standard InChI is InChI=1S/C6H6N.V/c7-6-4-2-1-3-5-6;/h1-5,7H;/q-1;+1. The van der Waals surface area contributed by atoms with Crippen molar-refractivity contribution in [3.63, 3.8) is 0 Å². The second kappa shape index (κ2) is 2.80. The van der Waals surface area contributed by atoms with Crippen LogP contribution in [0.15, 0.2) is 30.3 Å². The minimum absolute atomic E-state index is 1.13. The molecule has 1 aromatic carbocycles. The van der Waals surface area contributed by atoms with Crippen LogP contribution in [-0.2, 0) is 17.7 Å². The molecule has 0 fully saturated rings. The zero-order valence-corrected chi connectivity index (χ0v) is 5.73. The molecule has 0 aliphatic rings. The third-order valence-corrected chi connectivity index (χ3v) is 1.31. The predicted octanol–water partition coefficient (Wildman–Crippen LogP) is 1.56. The molecule has 1 aromatic rings. The number of hydrogen-bond acceptors (Lipinski definition) is 1. The van der Waals surface area contributed by atoms with Crippen molar-refractivity contribution < 1.29 is 17.7 Å². The predicted molar refractivity (Wildman–Crippen MR) is 30.1 cm³/mol. The monoisotopic (exact) mass is 143 g/mol. The third kappa shape index (κ3) is 1.29. The van der Waals surface area contributed by atoms with Gasteiger partial charge in [0, 0.05) is 0 Å². The van der Waals surface area contributed by atoms with Gasteiger partial charge in [0.15, 0.2) is 0 Å². The Morgan fingerprint density at radius 1 is 1.12 bits per heavy atom. The first kappa shape index (κ1) is 5.74. The molecule has 1 nitrogen and oxygen atoms in total. The van der Waals surface area contributed by atoms with E-state index in [1.54, 1.807) is 0 Å². The molecule has 0 atom stereocenters. The number of benzene rings is 1. The summed E-state index contributed by atoms with van der Waals surface area (Å²) in [5.74, 6) is 0. The van der Waals surface area contributed by atoms with E-state index in [1.807, 2.05) is 30.3 Å². The molecule has 0 saturated carbocycles. The SMILES string of the molecule is [V][NH]c1ccccc1. The van der Waals surface area contributed by atoms with Crippen LogP contribution in [0.3, 0.4) is 0 Å². The van der Waals surface area contributed by atoms with Crippen molar-refractivity contribution in [3.05, 3.63) is 30.3 Å². The molecule has 2 heteroatoms. The van der Waals surface area contributed by atoms with Gasteiger partial charge in [-0.15, -0.1) is 0 Å². The van der Waals surface area contributed by atoms with E-state index in [-0.39, 0.29) is 0 Å². The Bertz CT molecular complexity index is 150. The minimum atomic E-state index is 1.13. The molecule has 0 aliphatic carbocycles. The Kier molecular flexibility index (Phi) is 2.01. The van der Waals surface area contributed by atoms with Crippen molar-refractivity contribution in [2.24, 2.45) is 0 Å². The summed E-state index contributed by atoms with van der Waals surface area (Å²) in [4.78, 5) is 0. The van der Waals surface area contributed by atoms with Crippen molar-refractivity contribution in [1.82, 2.24) is 0 Å². The average Bonchev–Trinajstić information content (AvgIpc) is 1.90. The van der Waals surface area contributed by atoms with Crippen LogP contribution in [0.25, 0.3) is 0 Å². The maximum atomic E-state index is 2.96. The molecule has 0 unspecified atom stereocenters. The summed E-state index contributed by atoms with van der Waals surface area (Å²) >= 11 is 2.31. The van der Waals surface area contributed by atoms with E-state index in [0.717, 1.165) is 5.69 Å². The Hall–Kier alpha value is -0.396. The van der Waals surface area contributed by atoms with E-state index < -0.39 is 0 Å². The van der Waals surface area contributed by atoms with E-state index in [4.69, 9.17) is 0 Å². The fourth-order valence-corrected chi connectivity index (χ4v) is 0.745. The van der Waals surface area contributed by atoms with E-state index in [1.165, 1.54) is 0 Å². The van der Waals surface area contributed by atoms with Crippen LogP contribution in [0.5, 0.6) is 0 Å². The first-order chi connectivity index (χ1) is 3.93. The van der Waals surface area contributed by atoms with Crippen LogP contribution in [0.4, 0.5) is 5.69 Å². The first-order valence-electron chi connectivity index (χ1n) is 2.38. The van der Waals surface area contributed by atoms with Gasteiger partial charge in [0.25, 0.3) is 0 Å². The molecule has 0 amide bonds. The van der Waals surface area contributed by atoms with E-state index in [2.05, 4.69) is 21.8 Å². The van der Waals surface area contributed by atoms with Gasteiger partial charge in [-0.25, -0.2) is 0 Å². The number of anilines is 1. The average molecular weight is 143 g/mol. The molecule has 0 bridgehead atoms. The number of para-hydroxylation sites is 1. The molecule has 0 radical (unpaired) electrons. The van der Waals surface area contributed by atoms with Crippen LogP contribution >= 0.6 is 0 Å². The zero-order chi connectivity index (χ0) is 5.82. The topological polar surface area (TPSA) is 12.0 Å². The number of nitrogens with one attached hydrogen (secondary N) is 1. The summed E-state index contributed by atoms with van der Waals surface area (Å²) in [6.07, 6.45) is 0. The van der Waals surface area contributed by atoms with Crippen molar-refractivity contribution >= 4 is 5.69 Å². The molecule has 0 aliphatic heterocycles. The third-order valence-electron chi connectivity index (χ3n) is 0.903. The van der Waals surface area contributed by atoms with Gasteiger partial charge in [-0.2, -0.15) is 0 Å². The Labute approximate surface area is 58.3 Å². The van der Waals surface area contributed by atoms with Crippen LogP contribution in [0.2, 0.25) is 0 Å². The van der Waals surface area contributed by atoms with Gasteiger partial charge >= 0.3 is 57.8 Å². The van der Waals surface area contributed by atoms with Gasteiger partial charge < -0.3 is 0 Å². The quantitative estimate of drug-likeness (QED) is 0.629. The number of rotatable bonds is 1. The van der Waals surface area contributed by atoms with Gasteiger partial charge in [0.05, 0.1) is 0 Å². The summed E-state index contributed by atoms with van der Waals surface area (Å²) in [6.45, 7) is 0. The first-order valence-corrected chi connectivity index (χ1v) is 3.08. The van der Waals surface area contributed by atoms with Crippen LogP contribution in [-0.4, -0.2) is 0 Å². The Morgan fingerprint density at radius 3 is 2.12 bits per heavy atom. The fourth-order valence-electron chi connectivity index (χ4n) is 0.513. The van der Waals surface area contributed by atoms with E-state index in [9.17, 15) is 0 Å². The molecule has 0 aromatic heterocycles. The molecular formula is C6H6NV. The zero-order valence-electron chi connectivity index (χ0n) is 4.33. The second-order valence-electron chi connectivity index (χ2n) is 1.48. The summed E-state index contributed by atoms with van der Waals surface area (Å²) in [6, 6.07) is 10.0. The van der Waals surface area contributed by atoms with Crippen molar-refractivity contribution in [2.45, 2.75) is 0 Å². The molecular weight excluding hydrogens is 137 g/mol. The normalized spacial score (nSPS) is 8.50. The Balaban J connectivity index is 2.83.